The van der Waals surface area contributed by atoms with Gasteiger partial charge in [0, 0.05) is 31.9 Å². The number of carbonyl (C=O) groups is 2. The summed E-state index contributed by atoms with van der Waals surface area (Å²) in [4.78, 5) is 35.4. The van der Waals surface area contributed by atoms with Crippen molar-refractivity contribution in [2.24, 2.45) is 0 Å². The van der Waals surface area contributed by atoms with E-state index in [4.69, 9.17) is 0 Å². The van der Waals surface area contributed by atoms with Crippen molar-refractivity contribution in [3.05, 3.63) is 34.7 Å². The molecule has 1 aliphatic rings. The van der Waals surface area contributed by atoms with Gasteiger partial charge in [0.25, 0.3) is 5.56 Å². The standard InChI is InChI=1S/C12H16N4O4/c17-9(8-15-5-2-1-3-10(15)18)7-14-12(20)16-6-4-13-11(16)19/h1-3,5,9,17H,4,6-8H2,(H,13,19)(H,14,20). The second-order valence-corrected chi connectivity index (χ2v) is 4.41. The molecule has 3 N–H and O–H groups in total. The van der Waals surface area contributed by atoms with E-state index in [1.807, 2.05) is 0 Å². The first-order valence-corrected chi connectivity index (χ1v) is 6.24. The van der Waals surface area contributed by atoms with Crippen LogP contribution in [0.4, 0.5) is 9.59 Å². The second-order valence-electron chi connectivity index (χ2n) is 4.41. The van der Waals surface area contributed by atoms with Crippen LogP contribution in [0, 0.1) is 0 Å². The maximum Gasteiger partial charge on any atom is 0.325 e. The fourth-order valence-electron chi connectivity index (χ4n) is 1.87. The molecule has 1 saturated heterocycles. The van der Waals surface area contributed by atoms with Crippen LogP contribution in [0.25, 0.3) is 0 Å². The van der Waals surface area contributed by atoms with Gasteiger partial charge in [-0.05, 0) is 6.07 Å². The van der Waals surface area contributed by atoms with Crippen molar-refractivity contribution in [1.82, 2.24) is 20.1 Å². The number of amides is 4. The molecule has 0 bridgehead atoms. The third-order valence-electron chi connectivity index (χ3n) is 2.90. The molecule has 1 aromatic heterocycles. The van der Waals surface area contributed by atoms with Crippen molar-refractivity contribution in [3.63, 3.8) is 0 Å². The first kappa shape index (κ1) is 14.1. The lowest BCUT2D eigenvalue weighted by Crippen LogP contribution is -2.45. The van der Waals surface area contributed by atoms with Crippen molar-refractivity contribution < 1.29 is 14.7 Å². The van der Waals surface area contributed by atoms with E-state index in [2.05, 4.69) is 10.6 Å². The molecule has 0 spiro atoms. The van der Waals surface area contributed by atoms with E-state index in [9.17, 15) is 19.5 Å². The first-order chi connectivity index (χ1) is 9.58. The molecule has 1 aromatic rings. The van der Waals surface area contributed by atoms with E-state index in [0.717, 1.165) is 4.90 Å². The predicted molar refractivity (Wildman–Crippen MR) is 70.2 cm³/mol. The molecule has 1 unspecified atom stereocenters. The molecule has 2 heterocycles. The van der Waals surface area contributed by atoms with E-state index in [-0.39, 0.29) is 18.6 Å². The normalized spacial score (nSPS) is 15.8. The van der Waals surface area contributed by atoms with Crippen LogP contribution in [0.5, 0.6) is 0 Å². The third-order valence-corrected chi connectivity index (χ3v) is 2.90. The van der Waals surface area contributed by atoms with Gasteiger partial charge < -0.3 is 20.3 Å². The maximum absolute atomic E-state index is 11.7. The molecule has 1 atom stereocenters. The summed E-state index contributed by atoms with van der Waals surface area (Å²) in [5, 5.41) is 14.8. The van der Waals surface area contributed by atoms with E-state index < -0.39 is 18.2 Å². The number of aromatic nitrogens is 1. The summed E-state index contributed by atoms with van der Waals surface area (Å²) in [5.41, 5.74) is -0.225. The molecule has 0 aliphatic carbocycles. The minimum atomic E-state index is -0.912. The Hall–Kier alpha value is -2.35. The molecule has 0 aromatic carbocycles. The summed E-state index contributed by atoms with van der Waals surface area (Å²) < 4.78 is 1.35. The number of pyridine rings is 1. The number of aliphatic hydroxyl groups is 1. The Labute approximate surface area is 115 Å². The summed E-state index contributed by atoms with van der Waals surface area (Å²) in [6.07, 6.45) is 0.645. The average Bonchev–Trinajstić information content (AvgIpc) is 2.85. The zero-order valence-corrected chi connectivity index (χ0v) is 10.8. The predicted octanol–water partition coefficient (Wildman–Crippen LogP) is -1.06. The second kappa shape index (κ2) is 6.20. The maximum atomic E-state index is 11.7. The Morgan fingerprint density at radius 2 is 2.25 bits per heavy atom. The van der Waals surface area contributed by atoms with Crippen LogP contribution in [0.3, 0.4) is 0 Å². The number of hydrogen-bond acceptors (Lipinski definition) is 4. The summed E-state index contributed by atoms with van der Waals surface area (Å²) in [6.45, 7) is 0.767. The number of urea groups is 2. The fraction of sp³-hybridized carbons (Fsp3) is 0.417. The van der Waals surface area contributed by atoms with Gasteiger partial charge in [-0.1, -0.05) is 6.07 Å². The van der Waals surface area contributed by atoms with Crippen LogP contribution >= 0.6 is 0 Å². The van der Waals surface area contributed by atoms with Crippen LogP contribution in [0.2, 0.25) is 0 Å². The van der Waals surface area contributed by atoms with Crippen LogP contribution in [0.1, 0.15) is 0 Å². The number of rotatable bonds is 4. The molecule has 8 nitrogen and oxygen atoms in total. The molecule has 20 heavy (non-hydrogen) atoms. The van der Waals surface area contributed by atoms with E-state index in [1.54, 1.807) is 18.3 Å². The van der Waals surface area contributed by atoms with E-state index >= 15 is 0 Å². The number of nitrogens with zero attached hydrogens (tertiary/aromatic N) is 2. The summed E-state index contributed by atoms with van der Waals surface area (Å²) >= 11 is 0. The van der Waals surface area contributed by atoms with Gasteiger partial charge in [-0.2, -0.15) is 0 Å². The Morgan fingerprint density at radius 3 is 2.90 bits per heavy atom. The lowest BCUT2D eigenvalue weighted by atomic mass is 10.3. The zero-order chi connectivity index (χ0) is 14.5. The molecule has 2 rings (SSSR count). The van der Waals surface area contributed by atoms with E-state index in [0.29, 0.717) is 13.1 Å². The minimum absolute atomic E-state index is 0.0378. The molecule has 1 aliphatic heterocycles. The topological polar surface area (TPSA) is 104 Å². The third kappa shape index (κ3) is 3.35. The quantitative estimate of drug-likeness (QED) is 0.654. The van der Waals surface area contributed by atoms with Gasteiger partial charge >= 0.3 is 12.1 Å². The van der Waals surface area contributed by atoms with Crippen LogP contribution < -0.4 is 16.2 Å². The summed E-state index contributed by atoms with van der Waals surface area (Å²) in [6, 6.07) is 3.68. The number of imide groups is 1. The van der Waals surface area contributed by atoms with Crippen LogP contribution in [-0.4, -0.2) is 52.4 Å². The van der Waals surface area contributed by atoms with Gasteiger partial charge in [0.2, 0.25) is 0 Å². The Morgan fingerprint density at radius 1 is 1.45 bits per heavy atom. The molecular formula is C12H16N4O4. The number of aliphatic hydroxyl groups excluding tert-OH is 1. The van der Waals surface area contributed by atoms with Crippen LogP contribution in [0.15, 0.2) is 29.2 Å². The van der Waals surface area contributed by atoms with Crippen molar-refractivity contribution in [1.29, 1.82) is 0 Å². The Balaban J connectivity index is 1.82. The zero-order valence-electron chi connectivity index (χ0n) is 10.8. The Bertz CT molecular complexity index is 556. The highest BCUT2D eigenvalue weighted by molar-refractivity contribution is 5.94. The smallest absolute Gasteiger partial charge is 0.325 e. The summed E-state index contributed by atoms with van der Waals surface area (Å²) in [7, 11) is 0. The molecule has 0 radical (unpaired) electrons. The Kier molecular flexibility index (Phi) is 4.36. The average molecular weight is 280 g/mol. The van der Waals surface area contributed by atoms with Gasteiger partial charge in [0.1, 0.15) is 0 Å². The van der Waals surface area contributed by atoms with Gasteiger partial charge in [0.15, 0.2) is 0 Å². The van der Waals surface area contributed by atoms with Gasteiger partial charge in [0.05, 0.1) is 12.6 Å². The summed E-state index contributed by atoms with van der Waals surface area (Å²) in [5.74, 6) is 0. The highest BCUT2D eigenvalue weighted by Crippen LogP contribution is 1.97. The molecule has 8 heteroatoms. The van der Waals surface area contributed by atoms with Crippen molar-refractivity contribution in [3.8, 4) is 0 Å². The largest absolute Gasteiger partial charge is 0.389 e. The SMILES string of the molecule is O=C1NCCN1C(=O)NCC(O)Cn1ccccc1=O. The van der Waals surface area contributed by atoms with Crippen molar-refractivity contribution in [2.45, 2.75) is 12.6 Å². The van der Waals surface area contributed by atoms with Gasteiger partial charge in [-0.3, -0.25) is 4.79 Å². The van der Waals surface area contributed by atoms with Crippen LogP contribution in [-0.2, 0) is 6.54 Å². The van der Waals surface area contributed by atoms with Crippen molar-refractivity contribution >= 4 is 12.1 Å². The first-order valence-electron chi connectivity index (χ1n) is 6.24. The highest BCUT2D eigenvalue weighted by Gasteiger charge is 2.26. The highest BCUT2D eigenvalue weighted by atomic mass is 16.3. The lowest BCUT2D eigenvalue weighted by molar-refractivity contribution is 0.146. The number of carbonyl (C=O) groups excluding carboxylic acids is 2. The molecule has 108 valence electrons. The molecule has 1 fully saturated rings. The molecule has 0 saturated carbocycles. The van der Waals surface area contributed by atoms with Crippen molar-refractivity contribution in [2.75, 3.05) is 19.6 Å². The fourth-order valence-corrected chi connectivity index (χ4v) is 1.87. The minimum Gasteiger partial charge on any atom is -0.389 e. The van der Waals surface area contributed by atoms with Gasteiger partial charge in [-0.25, -0.2) is 14.5 Å². The molecular weight excluding hydrogens is 264 g/mol. The monoisotopic (exact) mass is 280 g/mol. The number of hydrogen-bond donors (Lipinski definition) is 3. The lowest BCUT2D eigenvalue weighted by Gasteiger charge is -2.16. The van der Waals surface area contributed by atoms with E-state index in [1.165, 1.54) is 10.6 Å². The number of nitrogens with one attached hydrogen (secondary N) is 2. The van der Waals surface area contributed by atoms with Gasteiger partial charge in [-0.15, -0.1) is 0 Å². The molecule has 4 amide bonds.